The van der Waals surface area contributed by atoms with E-state index in [1.165, 1.54) is 0 Å². The van der Waals surface area contributed by atoms with Gasteiger partial charge >= 0.3 is 0 Å². The van der Waals surface area contributed by atoms with Crippen LogP contribution in [0.25, 0.3) is 22.4 Å². The number of aromatic nitrogens is 3. The highest BCUT2D eigenvalue weighted by Crippen LogP contribution is 2.35. The molecule has 2 aliphatic heterocycles. The third kappa shape index (κ3) is 2.14. The predicted octanol–water partition coefficient (Wildman–Crippen LogP) is 2.37. The summed E-state index contributed by atoms with van der Waals surface area (Å²) in [6.45, 7) is 0.785. The maximum absolute atomic E-state index is 12.0. The van der Waals surface area contributed by atoms with E-state index in [9.17, 15) is 4.79 Å². The third-order valence-electron chi connectivity index (χ3n) is 5.11. The SMILES string of the molecule is Cn1c(-c2cc(N3C[C@@H]4C[C@H]3C(=O)N4)ncc2Cl)nc2ccccc21. The van der Waals surface area contributed by atoms with Gasteiger partial charge in [0.25, 0.3) is 0 Å². The van der Waals surface area contributed by atoms with Crippen molar-refractivity contribution < 1.29 is 4.79 Å². The van der Waals surface area contributed by atoms with Crippen LogP contribution in [-0.2, 0) is 11.8 Å². The molecule has 1 amide bonds. The van der Waals surface area contributed by atoms with Gasteiger partial charge in [-0.15, -0.1) is 0 Å². The van der Waals surface area contributed by atoms with Gasteiger partial charge in [0.15, 0.2) is 0 Å². The molecule has 0 spiro atoms. The number of pyridine rings is 1. The van der Waals surface area contributed by atoms with Crippen LogP contribution >= 0.6 is 11.6 Å². The van der Waals surface area contributed by atoms with E-state index in [4.69, 9.17) is 16.6 Å². The van der Waals surface area contributed by atoms with Crippen LogP contribution in [0, 0.1) is 0 Å². The first kappa shape index (κ1) is 14.7. The zero-order valence-corrected chi connectivity index (χ0v) is 14.4. The van der Waals surface area contributed by atoms with Crippen molar-refractivity contribution >= 4 is 34.4 Å². The minimum Gasteiger partial charge on any atom is -0.350 e. The summed E-state index contributed by atoms with van der Waals surface area (Å²) in [5.41, 5.74) is 2.80. The van der Waals surface area contributed by atoms with E-state index in [0.29, 0.717) is 5.02 Å². The van der Waals surface area contributed by atoms with Gasteiger partial charge in [-0.05, 0) is 24.6 Å². The maximum atomic E-state index is 12.0. The van der Waals surface area contributed by atoms with Gasteiger partial charge in [0.05, 0.1) is 16.1 Å². The second kappa shape index (κ2) is 5.20. The molecular formula is C18H16ClN5O. The zero-order valence-electron chi connectivity index (χ0n) is 13.6. The minimum atomic E-state index is -0.132. The lowest BCUT2D eigenvalue weighted by Crippen LogP contribution is -2.48. The first-order valence-corrected chi connectivity index (χ1v) is 8.64. The summed E-state index contributed by atoms with van der Waals surface area (Å²) in [5, 5.41) is 3.54. The van der Waals surface area contributed by atoms with E-state index in [1.807, 2.05) is 41.9 Å². The summed E-state index contributed by atoms with van der Waals surface area (Å²) in [7, 11) is 1.98. The van der Waals surface area contributed by atoms with Crippen molar-refractivity contribution in [2.45, 2.75) is 18.5 Å². The summed E-state index contributed by atoms with van der Waals surface area (Å²) in [4.78, 5) is 23.2. The second-order valence-electron chi connectivity index (χ2n) is 6.61. The second-order valence-corrected chi connectivity index (χ2v) is 7.02. The van der Waals surface area contributed by atoms with Gasteiger partial charge in [-0.3, -0.25) is 4.79 Å². The highest BCUT2D eigenvalue weighted by atomic mass is 35.5. The Hall–Kier alpha value is -2.60. The summed E-state index contributed by atoms with van der Waals surface area (Å²) in [5.74, 6) is 1.65. The Balaban J connectivity index is 1.62. The van der Waals surface area contributed by atoms with Crippen molar-refractivity contribution in [3.63, 3.8) is 0 Å². The number of anilines is 1. The number of fused-ring (bicyclic) bond motifs is 3. The number of amides is 1. The molecule has 25 heavy (non-hydrogen) atoms. The number of benzene rings is 1. The molecule has 6 nitrogen and oxygen atoms in total. The van der Waals surface area contributed by atoms with E-state index in [2.05, 4.69) is 15.2 Å². The lowest BCUT2D eigenvalue weighted by Gasteiger charge is -2.27. The number of imidazole rings is 1. The Kier molecular flexibility index (Phi) is 3.06. The molecule has 0 radical (unpaired) electrons. The number of halogens is 1. The number of piperazine rings is 1. The quantitative estimate of drug-likeness (QED) is 0.768. The summed E-state index contributed by atoms with van der Waals surface area (Å²) in [6.07, 6.45) is 2.49. The molecule has 4 heterocycles. The van der Waals surface area contributed by atoms with Crippen LogP contribution in [0.3, 0.4) is 0 Å². The van der Waals surface area contributed by atoms with E-state index < -0.39 is 0 Å². The number of aryl methyl sites for hydroxylation is 1. The molecule has 0 unspecified atom stereocenters. The summed E-state index contributed by atoms with van der Waals surface area (Å²) in [6, 6.07) is 10.0. The molecule has 7 heteroatoms. The molecular weight excluding hydrogens is 338 g/mol. The molecule has 5 rings (SSSR count). The first-order valence-electron chi connectivity index (χ1n) is 8.26. The van der Waals surface area contributed by atoms with Gasteiger partial charge in [0.1, 0.15) is 17.7 Å². The van der Waals surface area contributed by atoms with Crippen molar-refractivity contribution in [1.29, 1.82) is 0 Å². The molecule has 2 atom stereocenters. The van der Waals surface area contributed by atoms with Crippen LogP contribution in [0.2, 0.25) is 5.02 Å². The smallest absolute Gasteiger partial charge is 0.243 e. The number of para-hydroxylation sites is 2. The van der Waals surface area contributed by atoms with Gasteiger partial charge in [-0.25, -0.2) is 9.97 Å². The number of rotatable bonds is 2. The van der Waals surface area contributed by atoms with E-state index in [-0.39, 0.29) is 18.0 Å². The van der Waals surface area contributed by atoms with Gasteiger partial charge in [-0.2, -0.15) is 0 Å². The largest absolute Gasteiger partial charge is 0.350 e. The fourth-order valence-corrected chi connectivity index (χ4v) is 4.07. The molecule has 2 aliphatic rings. The van der Waals surface area contributed by atoms with Crippen LogP contribution < -0.4 is 10.2 Å². The standard InChI is InChI=1S/C18H16ClN5O/c1-23-14-5-3-2-4-13(14)22-17(23)11-7-16(20-8-12(11)19)24-9-10-6-15(24)18(25)21-10/h2-5,7-8,10,15H,6,9H2,1H3,(H,21,25)/t10-,15-/m0/s1. The highest BCUT2D eigenvalue weighted by molar-refractivity contribution is 6.33. The van der Waals surface area contributed by atoms with Crippen LogP contribution in [-0.4, -0.2) is 39.1 Å². The molecule has 2 aromatic heterocycles. The molecule has 2 fully saturated rings. The average molecular weight is 354 g/mol. The topological polar surface area (TPSA) is 63.1 Å². The lowest BCUT2D eigenvalue weighted by molar-refractivity contribution is -0.121. The highest BCUT2D eigenvalue weighted by Gasteiger charge is 2.44. The predicted molar refractivity (Wildman–Crippen MR) is 96.6 cm³/mol. The van der Waals surface area contributed by atoms with Crippen molar-refractivity contribution in [1.82, 2.24) is 19.9 Å². The van der Waals surface area contributed by atoms with E-state index in [0.717, 1.165) is 41.2 Å². The number of nitrogens with zero attached hydrogens (tertiary/aromatic N) is 4. The fourth-order valence-electron chi connectivity index (χ4n) is 3.88. The van der Waals surface area contributed by atoms with Crippen molar-refractivity contribution in [2.24, 2.45) is 7.05 Å². The molecule has 126 valence electrons. The number of hydrogen-bond donors (Lipinski definition) is 1. The molecule has 1 N–H and O–H groups in total. The van der Waals surface area contributed by atoms with Gasteiger partial charge in [0, 0.05) is 31.4 Å². The van der Waals surface area contributed by atoms with Crippen LogP contribution in [0.15, 0.2) is 36.5 Å². The normalized spacial score (nSPS) is 22.0. The fraction of sp³-hybridized carbons (Fsp3) is 0.278. The zero-order chi connectivity index (χ0) is 17.1. The third-order valence-corrected chi connectivity index (χ3v) is 5.41. The average Bonchev–Trinajstić information content (AvgIpc) is 3.28. The first-order chi connectivity index (χ1) is 12.1. The Morgan fingerprint density at radius 3 is 2.92 bits per heavy atom. The van der Waals surface area contributed by atoms with E-state index in [1.54, 1.807) is 6.20 Å². The van der Waals surface area contributed by atoms with Crippen molar-refractivity contribution in [3.05, 3.63) is 41.6 Å². The summed E-state index contributed by atoms with van der Waals surface area (Å²) < 4.78 is 2.03. The van der Waals surface area contributed by atoms with E-state index >= 15 is 0 Å². The van der Waals surface area contributed by atoms with Gasteiger partial charge < -0.3 is 14.8 Å². The number of carbonyl (C=O) groups excluding carboxylic acids is 1. The van der Waals surface area contributed by atoms with Crippen LogP contribution in [0.1, 0.15) is 6.42 Å². The number of hydrogen-bond acceptors (Lipinski definition) is 4. The van der Waals surface area contributed by atoms with Gasteiger partial charge in [-0.1, -0.05) is 23.7 Å². The van der Waals surface area contributed by atoms with Gasteiger partial charge in [0.2, 0.25) is 5.91 Å². The Labute approximate surface area is 149 Å². The maximum Gasteiger partial charge on any atom is 0.243 e. The van der Waals surface area contributed by atoms with Crippen molar-refractivity contribution in [3.8, 4) is 11.4 Å². The number of nitrogens with one attached hydrogen (secondary N) is 1. The van der Waals surface area contributed by atoms with Crippen molar-refractivity contribution in [2.75, 3.05) is 11.4 Å². The molecule has 2 saturated heterocycles. The minimum absolute atomic E-state index is 0.0808. The molecule has 0 saturated carbocycles. The molecule has 0 aliphatic carbocycles. The Morgan fingerprint density at radius 1 is 1.32 bits per heavy atom. The Bertz CT molecular complexity index is 1010. The van der Waals surface area contributed by atoms with Crippen LogP contribution in [0.4, 0.5) is 5.82 Å². The molecule has 1 aromatic carbocycles. The van der Waals surface area contributed by atoms with Crippen LogP contribution in [0.5, 0.6) is 0 Å². The lowest BCUT2D eigenvalue weighted by atomic mass is 10.2. The Morgan fingerprint density at radius 2 is 2.16 bits per heavy atom. The monoisotopic (exact) mass is 353 g/mol. The molecule has 3 aromatic rings. The molecule has 2 bridgehead atoms. The number of carbonyl (C=O) groups is 1. The summed E-state index contributed by atoms with van der Waals surface area (Å²) >= 11 is 6.43.